The number of anilines is 2. The lowest BCUT2D eigenvalue weighted by Crippen LogP contribution is -2.47. The Morgan fingerprint density at radius 2 is 2.08 bits per heavy atom. The van der Waals surface area contributed by atoms with E-state index >= 15 is 0 Å². The number of carbonyl (C=O) groups is 1. The molecule has 5 rings (SSSR count). The molecule has 0 fully saturated rings. The van der Waals surface area contributed by atoms with Crippen LogP contribution < -0.4 is 20.7 Å². The number of rotatable bonds is 7. The highest BCUT2D eigenvalue weighted by Gasteiger charge is 2.34. The molecule has 5 heterocycles. The zero-order chi connectivity index (χ0) is 26.9. The minimum Gasteiger partial charge on any atom is -0.481 e. The first-order chi connectivity index (χ1) is 18.3. The molecule has 38 heavy (non-hydrogen) atoms. The Morgan fingerprint density at radius 1 is 1.24 bits per heavy atom. The summed E-state index contributed by atoms with van der Waals surface area (Å²) in [5.74, 6) is 1.33. The van der Waals surface area contributed by atoms with E-state index in [0.29, 0.717) is 41.0 Å². The SMILES string of the molecule is COc1ccc(-c2cc3ncc(CC(N)=O)c(N[C@@H]4C=CN(c5ccc(C#N)nn5)CC4(C)C)n3n2)cn1. The van der Waals surface area contributed by atoms with Crippen molar-refractivity contribution in [3.8, 4) is 23.2 Å². The molecule has 0 bridgehead atoms. The lowest BCUT2D eigenvalue weighted by molar-refractivity contribution is -0.117. The Balaban J connectivity index is 1.50. The van der Waals surface area contributed by atoms with E-state index in [1.165, 1.54) is 0 Å². The Morgan fingerprint density at radius 3 is 2.71 bits per heavy atom. The van der Waals surface area contributed by atoms with Gasteiger partial charge in [0, 0.05) is 53.8 Å². The fourth-order valence-electron chi connectivity index (χ4n) is 4.36. The van der Waals surface area contributed by atoms with Crippen molar-refractivity contribution in [1.82, 2.24) is 29.8 Å². The maximum atomic E-state index is 11.9. The highest BCUT2D eigenvalue weighted by atomic mass is 16.5. The van der Waals surface area contributed by atoms with E-state index in [0.717, 1.165) is 5.56 Å². The van der Waals surface area contributed by atoms with Gasteiger partial charge in [-0.15, -0.1) is 10.2 Å². The number of methoxy groups -OCH3 is 1. The quantitative estimate of drug-likeness (QED) is 0.377. The highest BCUT2D eigenvalue weighted by molar-refractivity contribution is 5.79. The molecule has 0 spiro atoms. The summed E-state index contributed by atoms with van der Waals surface area (Å²) in [6.07, 6.45) is 7.31. The van der Waals surface area contributed by atoms with Gasteiger partial charge in [0.1, 0.15) is 11.9 Å². The molecule has 0 aliphatic carbocycles. The summed E-state index contributed by atoms with van der Waals surface area (Å²) in [6, 6.07) is 10.8. The second-order valence-corrected chi connectivity index (χ2v) is 9.63. The van der Waals surface area contributed by atoms with Crippen molar-refractivity contribution in [3.63, 3.8) is 0 Å². The van der Waals surface area contributed by atoms with Crippen LogP contribution in [0.1, 0.15) is 25.1 Å². The van der Waals surface area contributed by atoms with Gasteiger partial charge in [0.25, 0.3) is 0 Å². The number of fused-ring (bicyclic) bond motifs is 1. The number of nitrogens with one attached hydrogen (secondary N) is 1. The van der Waals surface area contributed by atoms with Gasteiger partial charge in [-0.2, -0.15) is 14.9 Å². The zero-order valence-corrected chi connectivity index (χ0v) is 21.2. The number of ether oxygens (including phenoxy) is 1. The molecule has 0 radical (unpaired) electrons. The molecule has 0 unspecified atom stereocenters. The normalized spacial score (nSPS) is 16.3. The van der Waals surface area contributed by atoms with Gasteiger partial charge in [0.15, 0.2) is 17.2 Å². The Hall–Kier alpha value is -5.05. The predicted octanol–water partition coefficient (Wildman–Crippen LogP) is 2.33. The van der Waals surface area contributed by atoms with Gasteiger partial charge in [0.05, 0.1) is 25.3 Å². The first-order valence-corrected chi connectivity index (χ1v) is 11.9. The van der Waals surface area contributed by atoms with Gasteiger partial charge in [0.2, 0.25) is 11.8 Å². The van der Waals surface area contributed by atoms with Crippen LogP contribution in [-0.4, -0.2) is 55.4 Å². The summed E-state index contributed by atoms with van der Waals surface area (Å²) in [4.78, 5) is 22.6. The van der Waals surface area contributed by atoms with E-state index in [1.54, 1.807) is 42.2 Å². The van der Waals surface area contributed by atoms with Crippen molar-refractivity contribution in [2.24, 2.45) is 11.1 Å². The van der Waals surface area contributed by atoms with Crippen LogP contribution in [0.5, 0.6) is 5.88 Å². The summed E-state index contributed by atoms with van der Waals surface area (Å²) in [6.45, 7) is 4.88. The fourth-order valence-corrected chi connectivity index (χ4v) is 4.36. The van der Waals surface area contributed by atoms with E-state index in [4.69, 9.17) is 20.8 Å². The van der Waals surface area contributed by atoms with E-state index in [9.17, 15) is 4.79 Å². The van der Waals surface area contributed by atoms with Gasteiger partial charge in [-0.1, -0.05) is 13.8 Å². The van der Waals surface area contributed by atoms with Gasteiger partial charge in [-0.05, 0) is 24.3 Å². The molecule has 0 saturated heterocycles. The molecule has 192 valence electrons. The minimum atomic E-state index is -0.468. The topological polar surface area (TPSA) is 160 Å². The maximum absolute atomic E-state index is 11.9. The third kappa shape index (κ3) is 4.81. The van der Waals surface area contributed by atoms with Crippen LogP contribution in [0.15, 0.2) is 55.0 Å². The van der Waals surface area contributed by atoms with Gasteiger partial charge < -0.3 is 20.7 Å². The van der Waals surface area contributed by atoms with Crippen molar-refractivity contribution in [3.05, 3.63) is 66.3 Å². The van der Waals surface area contributed by atoms with Crippen LogP contribution in [0.3, 0.4) is 0 Å². The number of aromatic nitrogens is 6. The summed E-state index contributed by atoms with van der Waals surface area (Å²) in [7, 11) is 1.56. The van der Waals surface area contributed by atoms with Gasteiger partial charge in [-0.3, -0.25) is 4.79 Å². The monoisotopic (exact) mass is 510 g/mol. The van der Waals surface area contributed by atoms with E-state index in [1.807, 2.05) is 35.4 Å². The van der Waals surface area contributed by atoms with E-state index in [-0.39, 0.29) is 23.6 Å². The number of hydrogen-bond acceptors (Lipinski definition) is 10. The van der Waals surface area contributed by atoms with Crippen LogP contribution in [0.2, 0.25) is 0 Å². The summed E-state index contributed by atoms with van der Waals surface area (Å²) in [5, 5.41) is 25.5. The molecule has 1 atom stereocenters. The Kier molecular flexibility index (Phi) is 6.34. The molecule has 4 aromatic heterocycles. The maximum Gasteiger partial charge on any atom is 0.222 e. The van der Waals surface area contributed by atoms with Crippen LogP contribution in [0.4, 0.5) is 11.6 Å². The van der Waals surface area contributed by atoms with E-state index < -0.39 is 5.91 Å². The summed E-state index contributed by atoms with van der Waals surface area (Å²) in [5.41, 5.74) is 8.26. The number of pyridine rings is 1. The average Bonchev–Trinajstić information content (AvgIpc) is 3.35. The lowest BCUT2D eigenvalue weighted by atomic mass is 9.81. The molecule has 3 N–H and O–H groups in total. The molecule has 0 aromatic carbocycles. The molecule has 12 nitrogen and oxygen atoms in total. The molecule has 1 aliphatic rings. The molecular formula is C26H26N10O2. The molecule has 12 heteroatoms. The third-order valence-corrected chi connectivity index (χ3v) is 6.39. The van der Waals surface area contributed by atoms with Crippen LogP contribution in [0, 0.1) is 16.7 Å². The van der Waals surface area contributed by atoms with Crippen molar-refractivity contribution < 1.29 is 9.53 Å². The van der Waals surface area contributed by atoms with Crippen molar-refractivity contribution >= 4 is 23.2 Å². The average molecular weight is 511 g/mol. The second kappa shape index (κ2) is 9.78. The standard InChI is InChI=1S/C26H26N10O2/c1-26(2)15-35(22-6-5-18(12-27)32-33-22)9-8-20(26)31-25-17(10-21(28)37)14-29-23-11-19(34-36(23)25)16-4-7-24(38-3)30-13-16/h4-9,11,13-14,20,31H,10,15H2,1-3H3,(H2,28,37)/t20-/m1/s1. The van der Waals surface area contributed by atoms with Gasteiger partial charge >= 0.3 is 0 Å². The highest BCUT2D eigenvalue weighted by Crippen LogP contribution is 2.33. The van der Waals surface area contributed by atoms with E-state index in [2.05, 4.69) is 39.3 Å². The third-order valence-electron chi connectivity index (χ3n) is 6.39. The number of nitrogens with two attached hydrogens (primary N) is 1. The first-order valence-electron chi connectivity index (χ1n) is 11.9. The molecule has 0 saturated carbocycles. The largest absolute Gasteiger partial charge is 0.481 e. The Bertz CT molecular complexity index is 1550. The van der Waals surface area contributed by atoms with Crippen molar-refractivity contribution in [1.29, 1.82) is 5.26 Å². The smallest absolute Gasteiger partial charge is 0.222 e. The fraction of sp³-hybridized carbons (Fsp3) is 0.269. The van der Waals surface area contributed by atoms with Crippen LogP contribution in [0.25, 0.3) is 16.9 Å². The number of primary amides is 1. The first kappa shape index (κ1) is 24.6. The second-order valence-electron chi connectivity index (χ2n) is 9.63. The Labute approximate surface area is 218 Å². The number of nitriles is 1. The van der Waals surface area contributed by atoms with Gasteiger partial charge in [-0.25, -0.2) is 9.97 Å². The minimum absolute atomic E-state index is 0.00831. The van der Waals surface area contributed by atoms with Crippen LogP contribution >= 0.6 is 0 Å². The van der Waals surface area contributed by atoms with Crippen LogP contribution in [-0.2, 0) is 11.2 Å². The number of hydrogen-bond donors (Lipinski definition) is 2. The molecule has 4 aromatic rings. The number of amides is 1. The molecule has 1 amide bonds. The zero-order valence-electron chi connectivity index (χ0n) is 21.2. The summed E-state index contributed by atoms with van der Waals surface area (Å²) < 4.78 is 6.85. The molecular weight excluding hydrogens is 484 g/mol. The lowest BCUT2D eigenvalue weighted by Gasteiger charge is -2.41. The van der Waals surface area contributed by atoms with Crippen molar-refractivity contribution in [2.75, 3.05) is 23.9 Å². The predicted molar refractivity (Wildman–Crippen MR) is 140 cm³/mol. The molecule has 1 aliphatic heterocycles. The van der Waals surface area contributed by atoms with Crippen molar-refractivity contribution in [2.45, 2.75) is 26.3 Å². The number of carbonyl (C=O) groups excluding carboxylic acids is 1. The summed E-state index contributed by atoms with van der Waals surface area (Å²) >= 11 is 0. The number of nitrogens with zero attached hydrogens (tertiary/aromatic N) is 8.